The van der Waals surface area contributed by atoms with Crippen LogP contribution in [0.1, 0.15) is 28.5 Å². The first-order valence-corrected chi connectivity index (χ1v) is 9.00. The van der Waals surface area contributed by atoms with Crippen molar-refractivity contribution in [1.82, 2.24) is 9.97 Å². The number of benzene rings is 1. The minimum atomic E-state index is 0.458. The Morgan fingerprint density at radius 2 is 2.20 bits per heavy atom. The van der Waals surface area contributed by atoms with Crippen molar-refractivity contribution in [3.05, 3.63) is 55.9 Å². The highest BCUT2D eigenvalue weighted by atomic mass is 79.9. The molecule has 3 aromatic rings. The van der Waals surface area contributed by atoms with Gasteiger partial charge in [-0.3, -0.25) is 0 Å². The summed E-state index contributed by atoms with van der Waals surface area (Å²) < 4.78 is 0.908. The molecule has 0 saturated heterocycles. The molecule has 1 aliphatic carbocycles. The molecule has 2 aromatic heterocycles. The van der Waals surface area contributed by atoms with Gasteiger partial charge in [0.15, 0.2) is 0 Å². The molecular weight excluding hydrogens is 352 g/mol. The van der Waals surface area contributed by atoms with E-state index < -0.39 is 0 Å². The van der Waals surface area contributed by atoms with Gasteiger partial charge in [0.05, 0.1) is 11.2 Å². The monoisotopic (exact) mass is 362 g/mol. The zero-order valence-electron chi connectivity index (χ0n) is 10.5. The summed E-state index contributed by atoms with van der Waals surface area (Å²) in [7, 11) is 0. The van der Waals surface area contributed by atoms with Crippen molar-refractivity contribution in [2.75, 3.05) is 0 Å². The van der Waals surface area contributed by atoms with Crippen molar-refractivity contribution in [2.45, 2.75) is 18.8 Å². The summed E-state index contributed by atoms with van der Waals surface area (Å²) in [6, 6.07) is 8.74. The van der Waals surface area contributed by atoms with Gasteiger partial charge >= 0.3 is 0 Å². The van der Waals surface area contributed by atoms with Gasteiger partial charge < -0.3 is 0 Å². The van der Waals surface area contributed by atoms with Crippen LogP contribution in [-0.2, 0) is 6.42 Å². The predicted octanol–water partition coefficient (Wildman–Crippen LogP) is 5.11. The first-order valence-electron chi connectivity index (χ1n) is 6.45. The van der Waals surface area contributed by atoms with Crippen LogP contribution in [0.5, 0.6) is 0 Å². The van der Waals surface area contributed by atoms with Crippen LogP contribution in [-0.4, -0.2) is 9.97 Å². The molecular formula is C15H11BrN2S2. The van der Waals surface area contributed by atoms with E-state index in [1.165, 1.54) is 28.1 Å². The molecule has 0 bridgehead atoms. The van der Waals surface area contributed by atoms with Crippen molar-refractivity contribution in [2.24, 2.45) is 0 Å². The summed E-state index contributed by atoms with van der Waals surface area (Å²) >= 11 is 6.88. The Bertz CT molecular complexity index is 763. The molecule has 0 amide bonds. The van der Waals surface area contributed by atoms with Gasteiger partial charge in [0.2, 0.25) is 0 Å². The van der Waals surface area contributed by atoms with Gasteiger partial charge in [0.1, 0.15) is 9.61 Å². The van der Waals surface area contributed by atoms with Crippen LogP contribution in [0.25, 0.3) is 10.6 Å². The molecule has 100 valence electrons. The lowest BCUT2D eigenvalue weighted by molar-refractivity contribution is 0.772. The smallest absolute Gasteiger partial charge is 0.124 e. The lowest BCUT2D eigenvalue weighted by Gasteiger charge is -2.10. The summed E-state index contributed by atoms with van der Waals surface area (Å²) in [4.78, 5) is 10.5. The number of halogens is 1. The highest BCUT2D eigenvalue weighted by Gasteiger charge is 2.26. The van der Waals surface area contributed by atoms with Crippen molar-refractivity contribution in [3.8, 4) is 10.6 Å². The minimum absolute atomic E-state index is 0.458. The number of aromatic nitrogens is 2. The molecule has 5 heteroatoms. The van der Waals surface area contributed by atoms with Gasteiger partial charge in [0.25, 0.3) is 0 Å². The second kappa shape index (κ2) is 5.06. The Balaban J connectivity index is 1.74. The van der Waals surface area contributed by atoms with Crippen LogP contribution in [0.4, 0.5) is 0 Å². The second-order valence-corrected chi connectivity index (χ2v) is 7.46. The standard InChI is InChI=1S/C15H11BrN2S2/c16-13-7-19-15(18-13)10-3-1-2-9(6-10)11-4-5-12-14(11)17-8-20-12/h1-3,6-8,11H,4-5H2. The summed E-state index contributed by atoms with van der Waals surface area (Å²) in [5.41, 5.74) is 5.81. The fourth-order valence-electron chi connectivity index (χ4n) is 2.76. The molecule has 0 fully saturated rings. The first-order chi connectivity index (χ1) is 9.81. The van der Waals surface area contributed by atoms with E-state index in [0.717, 1.165) is 16.0 Å². The van der Waals surface area contributed by atoms with E-state index in [-0.39, 0.29) is 0 Å². The molecule has 1 aromatic carbocycles. The van der Waals surface area contributed by atoms with Crippen molar-refractivity contribution in [3.63, 3.8) is 0 Å². The SMILES string of the molecule is Brc1csc(-c2cccc(C3CCc4scnc43)c2)n1. The number of hydrogen-bond donors (Lipinski definition) is 0. The zero-order valence-corrected chi connectivity index (χ0v) is 13.8. The summed E-state index contributed by atoms with van der Waals surface area (Å²) in [6.45, 7) is 0. The van der Waals surface area contributed by atoms with Gasteiger partial charge in [-0.1, -0.05) is 18.2 Å². The van der Waals surface area contributed by atoms with E-state index in [4.69, 9.17) is 0 Å². The number of nitrogens with zero attached hydrogens (tertiary/aromatic N) is 2. The maximum Gasteiger partial charge on any atom is 0.124 e. The molecule has 0 N–H and O–H groups in total. The van der Waals surface area contributed by atoms with E-state index in [0.29, 0.717) is 5.92 Å². The molecule has 0 spiro atoms. The molecule has 2 nitrogen and oxygen atoms in total. The highest BCUT2D eigenvalue weighted by Crippen LogP contribution is 2.40. The number of fused-ring (bicyclic) bond motifs is 1. The Morgan fingerprint density at radius 3 is 3.05 bits per heavy atom. The van der Waals surface area contributed by atoms with E-state index in [9.17, 15) is 0 Å². The fraction of sp³-hybridized carbons (Fsp3) is 0.200. The topological polar surface area (TPSA) is 25.8 Å². The van der Waals surface area contributed by atoms with Crippen LogP contribution in [0.3, 0.4) is 0 Å². The lowest BCUT2D eigenvalue weighted by atomic mass is 9.95. The molecule has 4 rings (SSSR count). The Kier molecular flexibility index (Phi) is 3.21. The normalized spacial score (nSPS) is 17.4. The van der Waals surface area contributed by atoms with E-state index in [1.54, 1.807) is 22.7 Å². The Hall–Kier alpha value is -1.04. The molecule has 1 atom stereocenters. The maximum atomic E-state index is 4.56. The largest absolute Gasteiger partial charge is 0.249 e. The number of aryl methyl sites for hydroxylation is 1. The number of thiazole rings is 2. The molecule has 1 aliphatic rings. The average molecular weight is 363 g/mol. The van der Waals surface area contributed by atoms with Gasteiger partial charge in [0, 0.05) is 21.7 Å². The maximum absolute atomic E-state index is 4.56. The molecule has 0 radical (unpaired) electrons. The van der Waals surface area contributed by atoms with Crippen LogP contribution in [0.2, 0.25) is 0 Å². The summed E-state index contributed by atoms with van der Waals surface area (Å²) in [5, 5.41) is 3.09. The van der Waals surface area contributed by atoms with Crippen LogP contribution < -0.4 is 0 Å². The van der Waals surface area contributed by atoms with Gasteiger partial charge in [-0.05, 0) is 40.4 Å². The quantitative estimate of drug-likeness (QED) is 0.633. The first kappa shape index (κ1) is 12.7. The van der Waals surface area contributed by atoms with Gasteiger partial charge in [-0.2, -0.15) is 0 Å². The fourth-order valence-corrected chi connectivity index (χ4v) is 4.86. The van der Waals surface area contributed by atoms with Crippen LogP contribution in [0.15, 0.2) is 39.8 Å². The van der Waals surface area contributed by atoms with Crippen molar-refractivity contribution in [1.29, 1.82) is 0 Å². The molecule has 0 aliphatic heterocycles. The summed E-state index contributed by atoms with van der Waals surface area (Å²) in [5.74, 6) is 0.458. The third-order valence-corrected chi connectivity index (χ3v) is 6.18. The molecule has 1 unspecified atom stereocenters. The summed E-state index contributed by atoms with van der Waals surface area (Å²) in [6.07, 6.45) is 2.34. The third kappa shape index (κ3) is 2.14. The molecule has 20 heavy (non-hydrogen) atoms. The Labute approximate surface area is 133 Å². The van der Waals surface area contributed by atoms with Crippen LogP contribution in [0, 0.1) is 0 Å². The number of hydrogen-bond acceptors (Lipinski definition) is 4. The molecule has 0 saturated carbocycles. The Morgan fingerprint density at radius 1 is 1.25 bits per heavy atom. The van der Waals surface area contributed by atoms with E-state index in [1.807, 2.05) is 10.9 Å². The van der Waals surface area contributed by atoms with E-state index >= 15 is 0 Å². The zero-order chi connectivity index (χ0) is 13.5. The van der Waals surface area contributed by atoms with Gasteiger partial charge in [-0.25, -0.2) is 9.97 Å². The highest BCUT2D eigenvalue weighted by molar-refractivity contribution is 9.10. The van der Waals surface area contributed by atoms with Crippen molar-refractivity contribution >= 4 is 38.6 Å². The second-order valence-electron chi connectivity index (χ2n) is 4.85. The third-order valence-electron chi connectivity index (χ3n) is 3.67. The predicted molar refractivity (Wildman–Crippen MR) is 87.5 cm³/mol. The number of rotatable bonds is 2. The minimum Gasteiger partial charge on any atom is -0.249 e. The van der Waals surface area contributed by atoms with Crippen LogP contribution >= 0.6 is 38.6 Å². The average Bonchev–Trinajstić information content (AvgIpc) is 3.14. The van der Waals surface area contributed by atoms with Crippen molar-refractivity contribution < 1.29 is 0 Å². The lowest BCUT2D eigenvalue weighted by Crippen LogP contribution is -1.97. The van der Waals surface area contributed by atoms with E-state index in [2.05, 4.69) is 50.2 Å². The molecule has 2 heterocycles. The van der Waals surface area contributed by atoms with Gasteiger partial charge in [-0.15, -0.1) is 22.7 Å².